The molecular formula is C33H52N4O5. The molecule has 0 saturated heterocycles. The Morgan fingerprint density at radius 3 is 2.26 bits per heavy atom. The van der Waals surface area contributed by atoms with Crippen LogP contribution >= 0.6 is 0 Å². The summed E-state index contributed by atoms with van der Waals surface area (Å²) in [6, 6.07) is 7.76. The Balaban J connectivity index is 2.19. The summed E-state index contributed by atoms with van der Waals surface area (Å²) >= 11 is 0. The molecule has 9 heteroatoms. The zero-order valence-corrected chi connectivity index (χ0v) is 25.9. The van der Waals surface area contributed by atoms with Crippen LogP contribution in [0.4, 0.5) is 0 Å². The number of hydrogen-bond acceptors (Lipinski definition) is 6. The molecule has 1 aliphatic rings. The minimum absolute atomic E-state index is 0.0131. The van der Waals surface area contributed by atoms with Gasteiger partial charge < -0.3 is 30.6 Å². The number of amides is 3. The van der Waals surface area contributed by atoms with Crippen molar-refractivity contribution in [2.24, 2.45) is 11.8 Å². The molecule has 4 N–H and O–H groups in total. The molecule has 1 aromatic carbocycles. The van der Waals surface area contributed by atoms with E-state index in [-0.39, 0.29) is 18.7 Å². The molecule has 0 unspecified atom stereocenters. The van der Waals surface area contributed by atoms with Crippen molar-refractivity contribution in [1.29, 1.82) is 0 Å². The molecule has 0 aromatic heterocycles. The van der Waals surface area contributed by atoms with Gasteiger partial charge in [-0.1, -0.05) is 69.4 Å². The first-order valence-corrected chi connectivity index (χ1v) is 15.4. The standard InChI is InChI=1S/C33H52N4O5/c1-6-14-27(33(42)35-28(31(40)29(38)7-2)22-25-17-12-9-13-18-25)34-32(41)26(21-24-15-10-8-11-16-24)23-30(39)37(5)20-19-36(3)4/h1,8,10-11,15-16,25-29,31,38,40H,7,9,12-14,17-23H2,2-5H3,(H,34,41)(H,35,42)/t26-,27+,28+,29+,31-/m1/s1. The van der Waals surface area contributed by atoms with Crippen LogP contribution in [0.15, 0.2) is 30.3 Å². The smallest absolute Gasteiger partial charge is 0.243 e. The van der Waals surface area contributed by atoms with Gasteiger partial charge in [0.15, 0.2) is 0 Å². The van der Waals surface area contributed by atoms with Crippen molar-refractivity contribution in [2.75, 3.05) is 34.2 Å². The van der Waals surface area contributed by atoms with Crippen LogP contribution in [0.25, 0.3) is 0 Å². The quantitative estimate of drug-likeness (QED) is 0.209. The van der Waals surface area contributed by atoms with E-state index >= 15 is 0 Å². The van der Waals surface area contributed by atoms with Crippen LogP contribution in [0.2, 0.25) is 0 Å². The zero-order valence-electron chi connectivity index (χ0n) is 25.9. The maximum atomic E-state index is 13.6. The average Bonchev–Trinajstić information content (AvgIpc) is 2.98. The molecule has 42 heavy (non-hydrogen) atoms. The van der Waals surface area contributed by atoms with Gasteiger partial charge in [0.25, 0.3) is 0 Å². The first-order valence-electron chi connectivity index (χ1n) is 15.4. The minimum Gasteiger partial charge on any atom is -0.390 e. The van der Waals surface area contributed by atoms with Crippen LogP contribution in [0.3, 0.4) is 0 Å². The third kappa shape index (κ3) is 12.1. The number of terminal acetylenes is 1. The topological polar surface area (TPSA) is 122 Å². The van der Waals surface area contributed by atoms with Crippen molar-refractivity contribution in [1.82, 2.24) is 20.4 Å². The normalized spacial score (nSPS) is 17.4. The van der Waals surface area contributed by atoms with Crippen LogP contribution in [-0.2, 0) is 20.8 Å². The summed E-state index contributed by atoms with van der Waals surface area (Å²) in [5.41, 5.74) is 0.906. The second-order valence-electron chi connectivity index (χ2n) is 12.0. The molecule has 0 bridgehead atoms. The van der Waals surface area contributed by atoms with Crippen molar-refractivity contribution in [3.8, 4) is 12.3 Å². The molecule has 9 nitrogen and oxygen atoms in total. The predicted octanol–water partition coefficient (Wildman–Crippen LogP) is 2.35. The number of nitrogens with one attached hydrogen (secondary N) is 2. The SMILES string of the molecule is C#CC[C@H](NC(=O)[C@@H](CC(=O)N(C)CCN(C)C)Cc1ccccc1)C(=O)N[C@@H](CC1CCCCC1)[C@@H](O)[C@@H](O)CC. The lowest BCUT2D eigenvalue weighted by Gasteiger charge is -2.33. The number of aliphatic hydroxyl groups is 2. The van der Waals surface area contributed by atoms with Crippen LogP contribution < -0.4 is 10.6 Å². The number of likely N-dealkylation sites (N-methyl/N-ethyl adjacent to an activating group) is 2. The molecule has 1 saturated carbocycles. The third-order valence-corrected chi connectivity index (χ3v) is 8.24. The summed E-state index contributed by atoms with van der Waals surface area (Å²) in [6.45, 7) is 3.01. The summed E-state index contributed by atoms with van der Waals surface area (Å²) in [4.78, 5) is 43.8. The molecule has 0 spiro atoms. The summed E-state index contributed by atoms with van der Waals surface area (Å²) in [5, 5.41) is 27.0. The van der Waals surface area contributed by atoms with E-state index in [2.05, 4.69) is 16.6 Å². The Morgan fingerprint density at radius 1 is 1.00 bits per heavy atom. The number of hydrogen-bond donors (Lipinski definition) is 4. The highest BCUT2D eigenvalue weighted by Crippen LogP contribution is 2.28. The maximum Gasteiger partial charge on any atom is 0.243 e. The van der Waals surface area contributed by atoms with E-state index in [1.807, 2.05) is 49.3 Å². The summed E-state index contributed by atoms with van der Waals surface area (Å²) in [6.07, 6.45) is 10.1. The molecule has 0 heterocycles. The van der Waals surface area contributed by atoms with Gasteiger partial charge in [-0.15, -0.1) is 12.3 Å². The van der Waals surface area contributed by atoms with Gasteiger partial charge in [-0.2, -0.15) is 0 Å². The monoisotopic (exact) mass is 584 g/mol. The Hall–Kier alpha value is -2.93. The number of aliphatic hydroxyl groups excluding tert-OH is 2. The highest BCUT2D eigenvalue weighted by Gasteiger charge is 2.33. The number of carbonyl (C=O) groups is 3. The minimum atomic E-state index is -1.13. The highest BCUT2D eigenvalue weighted by molar-refractivity contribution is 5.91. The Kier molecular flexibility index (Phi) is 15.6. The maximum absolute atomic E-state index is 13.6. The number of benzene rings is 1. The van der Waals surface area contributed by atoms with Crippen LogP contribution in [0.5, 0.6) is 0 Å². The Labute approximate surface area is 252 Å². The Bertz CT molecular complexity index is 1010. The van der Waals surface area contributed by atoms with Crippen LogP contribution in [0.1, 0.15) is 70.3 Å². The van der Waals surface area contributed by atoms with E-state index < -0.39 is 42.0 Å². The van der Waals surface area contributed by atoms with Gasteiger partial charge >= 0.3 is 0 Å². The highest BCUT2D eigenvalue weighted by atomic mass is 16.3. The number of rotatable bonds is 17. The van der Waals surface area contributed by atoms with E-state index in [1.54, 1.807) is 18.9 Å². The first kappa shape index (κ1) is 35.3. The van der Waals surface area contributed by atoms with Gasteiger partial charge in [0.1, 0.15) is 6.04 Å². The van der Waals surface area contributed by atoms with Gasteiger partial charge in [-0.05, 0) is 44.8 Å². The molecule has 2 rings (SSSR count). The molecule has 1 fully saturated rings. The van der Waals surface area contributed by atoms with E-state index in [1.165, 1.54) is 6.42 Å². The van der Waals surface area contributed by atoms with E-state index in [4.69, 9.17) is 6.42 Å². The number of carbonyl (C=O) groups excluding carboxylic acids is 3. The van der Waals surface area contributed by atoms with Gasteiger partial charge in [0.05, 0.1) is 24.2 Å². The lowest BCUT2D eigenvalue weighted by atomic mass is 9.82. The lowest BCUT2D eigenvalue weighted by molar-refractivity contribution is -0.136. The molecular weight excluding hydrogens is 532 g/mol. The van der Waals surface area contributed by atoms with Crippen molar-refractivity contribution < 1.29 is 24.6 Å². The van der Waals surface area contributed by atoms with Crippen molar-refractivity contribution in [3.05, 3.63) is 35.9 Å². The largest absolute Gasteiger partial charge is 0.390 e. The van der Waals surface area contributed by atoms with Crippen LogP contribution in [0, 0.1) is 24.2 Å². The van der Waals surface area contributed by atoms with Crippen molar-refractivity contribution >= 4 is 17.7 Å². The van der Waals surface area contributed by atoms with E-state index in [0.717, 1.165) is 31.2 Å². The predicted molar refractivity (Wildman–Crippen MR) is 165 cm³/mol. The van der Waals surface area contributed by atoms with Gasteiger partial charge in [-0.3, -0.25) is 14.4 Å². The molecule has 1 aliphatic carbocycles. The molecule has 3 amide bonds. The van der Waals surface area contributed by atoms with Gasteiger partial charge in [0.2, 0.25) is 17.7 Å². The molecule has 5 atom stereocenters. The Morgan fingerprint density at radius 2 is 1.67 bits per heavy atom. The zero-order chi connectivity index (χ0) is 31.1. The lowest BCUT2D eigenvalue weighted by Crippen LogP contribution is -2.55. The van der Waals surface area contributed by atoms with E-state index in [0.29, 0.717) is 38.3 Å². The second-order valence-corrected chi connectivity index (χ2v) is 12.0. The first-order chi connectivity index (χ1) is 20.0. The molecule has 0 radical (unpaired) electrons. The number of nitrogens with zero attached hydrogens (tertiary/aromatic N) is 2. The second kappa shape index (κ2) is 18.6. The van der Waals surface area contributed by atoms with Gasteiger partial charge in [-0.25, -0.2) is 0 Å². The summed E-state index contributed by atoms with van der Waals surface area (Å²) in [5.74, 6) is 1.02. The molecule has 1 aromatic rings. The van der Waals surface area contributed by atoms with Crippen molar-refractivity contribution in [2.45, 2.75) is 95.4 Å². The fraction of sp³-hybridized carbons (Fsp3) is 0.667. The average molecular weight is 585 g/mol. The van der Waals surface area contributed by atoms with Crippen molar-refractivity contribution in [3.63, 3.8) is 0 Å². The third-order valence-electron chi connectivity index (χ3n) is 8.24. The molecule has 0 aliphatic heterocycles. The fourth-order valence-corrected chi connectivity index (χ4v) is 5.47. The fourth-order valence-electron chi connectivity index (χ4n) is 5.47. The van der Waals surface area contributed by atoms with Crippen LogP contribution in [-0.4, -0.2) is 96.3 Å². The molecule has 234 valence electrons. The summed E-state index contributed by atoms with van der Waals surface area (Å²) < 4.78 is 0. The van der Waals surface area contributed by atoms with E-state index in [9.17, 15) is 24.6 Å². The summed E-state index contributed by atoms with van der Waals surface area (Å²) in [7, 11) is 5.59. The van der Waals surface area contributed by atoms with Gasteiger partial charge in [0, 0.05) is 33.0 Å².